The molecule has 1 atom stereocenters. The van der Waals surface area contributed by atoms with Gasteiger partial charge in [0.25, 0.3) is 0 Å². The number of halogens is 2. The standard InChI is InChI=1S/C13H19ClN2O.ClH/c1-15-12-5-6-16(10-12)7-8-17-13-4-2-3-11(14)9-13;/h2-4,9,12,15H,5-8,10H2,1H3;1H. The van der Waals surface area contributed by atoms with Crippen molar-refractivity contribution in [2.24, 2.45) is 0 Å². The van der Waals surface area contributed by atoms with Crippen molar-refractivity contribution in [3.63, 3.8) is 0 Å². The molecule has 1 aliphatic heterocycles. The monoisotopic (exact) mass is 290 g/mol. The lowest BCUT2D eigenvalue weighted by molar-refractivity contribution is 0.235. The molecular weight excluding hydrogens is 271 g/mol. The molecule has 0 spiro atoms. The molecule has 3 nitrogen and oxygen atoms in total. The Labute approximate surface area is 120 Å². The predicted octanol–water partition coefficient (Wildman–Crippen LogP) is 2.43. The van der Waals surface area contributed by atoms with Crippen LogP contribution in [-0.2, 0) is 0 Å². The summed E-state index contributed by atoms with van der Waals surface area (Å²) in [5, 5.41) is 4.03. The van der Waals surface area contributed by atoms with Crippen molar-refractivity contribution in [2.45, 2.75) is 12.5 Å². The van der Waals surface area contributed by atoms with Gasteiger partial charge in [0.2, 0.25) is 0 Å². The summed E-state index contributed by atoms with van der Waals surface area (Å²) in [5.41, 5.74) is 0. The third kappa shape index (κ3) is 4.65. The number of likely N-dealkylation sites (tertiary alicyclic amines) is 1. The second-order valence-electron chi connectivity index (χ2n) is 4.38. The molecule has 5 heteroatoms. The maximum atomic E-state index is 5.89. The Hall–Kier alpha value is -0.480. The Morgan fingerprint density at radius 3 is 3.00 bits per heavy atom. The zero-order chi connectivity index (χ0) is 12.1. The van der Waals surface area contributed by atoms with E-state index in [9.17, 15) is 0 Å². The number of rotatable bonds is 5. The number of nitrogens with one attached hydrogen (secondary N) is 1. The Balaban J connectivity index is 0.00000162. The molecule has 0 amide bonds. The van der Waals surface area contributed by atoms with Gasteiger partial charge in [0.1, 0.15) is 12.4 Å². The summed E-state index contributed by atoms with van der Waals surface area (Å²) < 4.78 is 5.67. The summed E-state index contributed by atoms with van der Waals surface area (Å²) in [6.07, 6.45) is 1.23. The molecule has 0 radical (unpaired) electrons. The molecular formula is C13H20Cl2N2O. The quantitative estimate of drug-likeness (QED) is 0.902. The molecule has 0 bridgehead atoms. The zero-order valence-electron chi connectivity index (χ0n) is 10.6. The van der Waals surface area contributed by atoms with Crippen LogP contribution in [0, 0.1) is 0 Å². The molecule has 1 heterocycles. The molecule has 102 valence electrons. The minimum Gasteiger partial charge on any atom is -0.492 e. The molecule has 0 aromatic heterocycles. The number of nitrogens with zero attached hydrogens (tertiary/aromatic N) is 1. The molecule has 0 saturated carbocycles. The summed E-state index contributed by atoms with van der Waals surface area (Å²) in [5.74, 6) is 0.849. The van der Waals surface area contributed by atoms with Crippen LogP contribution in [0.4, 0.5) is 0 Å². The Bertz CT molecular complexity index is 363. The average Bonchev–Trinajstić information content (AvgIpc) is 2.77. The van der Waals surface area contributed by atoms with Crippen molar-refractivity contribution in [3.8, 4) is 5.75 Å². The first-order valence-electron chi connectivity index (χ1n) is 6.06. The van der Waals surface area contributed by atoms with Crippen LogP contribution in [-0.4, -0.2) is 44.2 Å². The SMILES string of the molecule is CNC1CCN(CCOc2cccc(Cl)c2)C1.Cl. The van der Waals surface area contributed by atoms with E-state index in [1.165, 1.54) is 6.42 Å². The third-order valence-electron chi connectivity index (χ3n) is 3.15. The van der Waals surface area contributed by atoms with E-state index in [-0.39, 0.29) is 12.4 Å². The van der Waals surface area contributed by atoms with Crippen LogP contribution in [0.5, 0.6) is 5.75 Å². The molecule has 1 N–H and O–H groups in total. The second-order valence-corrected chi connectivity index (χ2v) is 4.82. The average molecular weight is 291 g/mol. The lowest BCUT2D eigenvalue weighted by Gasteiger charge is -2.16. The van der Waals surface area contributed by atoms with E-state index in [2.05, 4.69) is 10.2 Å². The third-order valence-corrected chi connectivity index (χ3v) is 3.39. The van der Waals surface area contributed by atoms with Gasteiger partial charge in [-0.3, -0.25) is 4.90 Å². The van der Waals surface area contributed by atoms with Gasteiger partial charge in [0.15, 0.2) is 0 Å². The van der Waals surface area contributed by atoms with Crippen LogP contribution in [0.1, 0.15) is 6.42 Å². The van der Waals surface area contributed by atoms with Crippen LogP contribution in [0.15, 0.2) is 24.3 Å². The van der Waals surface area contributed by atoms with Gasteiger partial charge in [-0.05, 0) is 38.2 Å². The normalized spacial score (nSPS) is 19.6. The molecule has 1 unspecified atom stereocenters. The van der Waals surface area contributed by atoms with E-state index < -0.39 is 0 Å². The molecule has 1 aromatic rings. The first-order valence-corrected chi connectivity index (χ1v) is 6.43. The van der Waals surface area contributed by atoms with Crippen molar-refractivity contribution in [1.82, 2.24) is 10.2 Å². The van der Waals surface area contributed by atoms with Crippen molar-refractivity contribution in [2.75, 3.05) is 33.3 Å². The molecule has 18 heavy (non-hydrogen) atoms. The first-order chi connectivity index (χ1) is 8.28. The second kappa shape index (κ2) is 7.85. The summed E-state index contributed by atoms with van der Waals surface area (Å²) in [6, 6.07) is 8.19. The Kier molecular flexibility index (Phi) is 6.79. The maximum absolute atomic E-state index is 5.89. The fraction of sp³-hybridized carbons (Fsp3) is 0.538. The molecule has 0 aliphatic carbocycles. The zero-order valence-corrected chi connectivity index (χ0v) is 12.1. The van der Waals surface area contributed by atoms with Gasteiger partial charge in [-0.25, -0.2) is 0 Å². The van der Waals surface area contributed by atoms with E-state index in [4.69, 9.17) is 16.3 Å². The molecule has 1 saturated heterocycles. The van der Waals surface area contributed by atoms with Gasteiger partial charge in [-0.15, -0.1) is 12.4 Å². The first kappa shape index (κ1) is 15.6. The van der Waals surface area contributed by atoms with E-state index in [0.717, 1.165) is 37.0 Å². The Morgan fingerprint density at radius 1 is 1.50 bits per heavy atom. The minimum absolute atomic E-state index is 0. The largest absolute Gasteiger partial charge is 0.492 e. The van der Waals surface area contributed by atoms with Crippen molar-refractivity contribution < 1.29 is 4.74 Å². The fourth-order valence-electron chi connectivity index (χ4n) is 2.12. The highest BCUT2D eigenvalue weighted by molar-refractivity contribution is 6.30. The highest BCUT2D eigenvalue weighted by Gasteiger charge is 2.20. The molecule has 1 aliphatic rings. The predicted molar refractivity (Wildman–Crippen MR) is 78.1 cm³/mol. The molecule has 1 aromatic carbocycles. The topological polar surface area (TPSA) is 24.5 Å². The van der Waals surface area contributed by atoms with E-state index in [1.54, 1.807) is 0 Å². The van der Waals surface area contributed by atoms with E-state index in [1.807, 2.05) is 31.3 Å². The van der Waals surface area contributed by atoms with Gasteiger partial charge in [-0.1, -0.05) is 17.7 Å². The van der Waals surface area contributed by atoms with Crippen molar-refractivity contribution in [3.05, 3.63) is 29.3 Å². The van der Waals surface area contributed by atoms with Gasteiger partial charge in [0, 0.05) is 24.2 Å². The maximum Gasteiger partial charge on any atom is 0.120 e. The molecule has 2 rings (SSSR count). The van der Waals surface area contributed by atoms with E-state index in [0.29, 0.717) is 6.04 Å². The summed E-state index contributed by atoms with van der Waals surface area (Å²) >= 11 is 5.89. The van der Waals surface area contributed by atoms with Crippen LogP contribution in [0.3, 0.4) is 0 Å². The lowest BCUT2D eigenvalue weighted by Crippen LogP contribution is -2.31. The van der Waals surface area contributed by atoms with Crippen LogP contribution < -0.4 is 10.1 Å². The van der Waals surface area contributed by atoms with Crippen LogP contribution >= 0.6 is 24.0 Å². The summed E-state index contributed by atoms with van der Waals surface area (Å²) in [4.78, 5) is 2.42. The van der Waals surface area contributed by atoms with Crippen molar-refractivity contribution in [1.29, 1.82) is 0 Å². The smallest absolute Gasteiger partial charge is 0.120 e. The highest BCUT2D eigenvalue weighted by atomic mass is 35.5. The van der Waals surface area contributed by atoms with Gasteiger partial charge < -0.3 is 10.1 Å². The van der Waals surface area contributed by atoms with Crippen LogP contribution in [0.2, 0.25) is 5.02 Å². The number of benzene rings is 1. The Morgan fingerprint density at radius 2 is 2.33 bits per heavy atom. The van der Waals surface area contributed by atoms with E-state index >= 15 is 0 Å². The van der Waals surface area contributed by atoms with Gasteiger partial charge in [-0.2, -0.15) is 0 Å². The van der Waals surface area contributed by atoms with Gasteiger partial charge >= 0.3 is 0 Å². The van der Waals surface area contributed by atoms with Crippen molar-refractivity contribution >= 4 is 24.0 Å². The summed E-state index contributed by atoms with van der Waals surface area (Å²) in [7, 11) is 2.02. The number of hydrogen-bond acceptors (Lipinski definition) is 3. The summed E-state index contributed by atoms with van der Waals surface area (Å²) in [6.45, 7) is 3.97. The lowest BCUT2D eigenvalue weighted by atomic mass is 10.3. The number of ether oxygens (including phenoxy) is 1. The number of likely N-dealkylation sites (N-methyl/N-ethyl adjacent to an activating group) is 1. The molecule has 1 fully saturated rings. The minimum atomic E-state index is 0. The van der Waals surface area contributed by atoms with Gasteiger partial charge in [0.05, 0.1) is 0 Å². The highest BCUT2D eigenvalue weighted by Crippen LogP contribution is 2.17. The van der Waals surface area contributed by atoms with Crippen LogP contribution in [0.25, 0.3) is 0 Å². The fourth-order valence-corrected chi connectivity index (χ4v) is 2.30. The number of hydrogen-bond donors (Lipinski definition) is 1.